The molecular formula is C20H22N4O4. The van der Waals surface area contributed by atoms with Gasteiger partial charge in [-0.1, -0.05) is 12.1 Å². The number of hydrogen-bond donors (Lipinski definition) is 4. The molecule has 0 fully saturated rings. The monoisotopic (exact) mass is 382 g/mol. The molecule has 0 radical (unpaired) electrons. The predicted octanol–water partition coefficient (Wildman–Crippen LogP) is 3.19. The number of carbonyl (C=O) groups excluding carboxylic acids is 4. The van der Waals surface area contributed by atoms with Crippen molar-refractivity contribution in [3.63, 3.8) is 0 Å². The first-order valence-corrected chi connectivity index (χ1v) is 8.54. The Bertz CT molecular complexity index is 876. The van der Waals surface area contributed by atoms with Gasteiger partial charge in [-0.2, -0.15) is 0 Å². The molecule has 28 heavy (non-hydrogen) atoms. The third kappa shape index (κ3) is 5.66. The van der Waals surface area contributed by atoms with Crippen molar-refractivity contribution in [1.82, 2.24) is 0 Å². The minimum Gasteiger partial charge on any atom is -0.325 e. The molecule has 0 unspecified atom stereocenters. The lowest BCUT2D eigenvalue weighted by atomic mass is 10.0. The number of rotatable bonds is 5. The Labute approximate surface area is 162 Å². The molecule has 0 aliphatic rings. The van der Waals surface area contributed by atoms with Crippen LogP contribution in [0.1, 0.15) is 27.7 Å². The molecule has 4 N–H and O–H groups in total. The van der Waals surface area contributed by atoms with E-state index in [0.29, 0.717) is 22.7 Å². The SMILES string of the molecule is CC(=O)Nc1ccc(-c2ccc(NC(C)=O)c(NC(C)=O)c2)cc1NC(C)=O. The highest BCUT2D eigenvalue weighted by atomic mass is 16.2. The summed E-state index contributed by atoms with van der Waals surface area (Å²) in [6.07, 6.45) is 0. The molecule has 0 saturated heterocycles. The van der Waals surface area contributed by atoms with Crippen LogP contribution in [0.15, 0.2) is 36.4 Å². The van der Waals surface area contributed by atoms with Gasteiger partial charge in [-0.05, 0) is 35.4 Å². The van der Waals surface area contributed by atoms with Gasteiger partial charge in [0, 0.05) is 27.7 Å². The quantitative estimate of drug-likeness (QED) is 0.635. The van der Waals surface area contributed by atoms with E-state index in [1.807, 2.05) is 0 Å². The summed E-state index contributed by atoms with van der Waals surface area (Å²) < 4.78 is 0. The van der Waals surface area contributed by atoms with Crippen LogP contribution in [-0.2, 0) is 19.2 Å². The highest BCUT2D eigenvalue weighted by Gasteiger charge is 2.11. The van der Waals surface area contributed by atoms with E-state index in [9.17, 15) is 19.2 Å². The van der Waals surface area contributed by atoms with Gasteiger partial charge in [0.25, 0.3) is 0 Å². The zero-order valence-electron chi connectivity index (χ0n) is 16.1. The fraction of sp³-hybridized carbons (Fsp3) is 0.200. The van der Waals surface area contributed by atoms with Crippen LogP contribution in [0.25, 0.3) is 11.1 Å². The number of carbonyl (C=O) groups is 4. The van der Waals surface area contributed by atoms with Crippen molar-refractivity contribution in [2.24, 2.45) is 0 Å². The minimum absolute atomic E-state index is 0.257. The molecular weight excluding hydrogens is 360 g/mol. The molecule has 0 bridgehead atoms. The van der Waals surface area contributed by atoms with Gasteiger partial charge in [0.2, 0.25) is 23.6 Å². The Hall–Kier alpha value is -3.68. The van der Waals surface area contributed by atoms with Crippen molar-refractivity contribution < 1.29 is 19.2 Å². The number of anilines is 4. The van der Waals surface area contributed by atoms with Crippen LogP contribution in [0.5, 0.6) is 0 Å². The standard InChI is InChI=1S/C20H22N4O4/c1-11(25)21-17-7-5-15(9-19(17)23-13(3)27)16-6-8-18(22-12(2)26)20(10-16)24-14(4)28/h5-10H,1-4H3,(H,21,25)(H,22,26)(H,23,27)(H,24,28). The van der Waals surface area contributed by atoms with Gasteiger partial charge < -0.3 is 21.3 Å². The van der Waals surface area contributed by atoms with Gasteiger partial charge in [-0.15, -0.1) is 0 Å². The second kappa shape index (κ2) is 8.81. The van der Waals surface area contributed by atoms with Gasteiger partial charge in [0.1, 0.15) is 0 Å². The van der Waals surface area contributed by atoms with Crippen LogP contribution in [0.4, 0.5) is 22.7 Å². The maximum absolute atomic E-state index is 11.5. The fourth-order valence-electron chi connectivity index (χ4n) is 2.63. The van der Waals surface area contributed by atoms with Gasteiger partial charge in [0.05, 0.1) is 22.7 Å². The summed E-state index contributed by atoms with van der Waals surface area (Å²) in [6, 6.07) is 10.4. The van der Waals surface area contributed by atoms with Crippen LogP contribution >= 0.6 is 0 Å². The van der Waals surface area contributed by atoms with E-state index < -0.39 is 0 Å². The zero-order chi connectivity index (χ0) is 20.8. The van der Waals surface area contributed by atoms with Crippen LogP contribution in [0.2, 0.25) is 0 Å². The molecule has 0 aliphatic carbocycles. The maximum Gasteiger partial charge on any atom is 0.221 e. The first kappa shape index (κ1) is 20.6. The lowest BCUT2D eigenvalue weighted by molar-refractivity contribution is -0.115. The summed E-state index contributed by atoms with van der Waals surface area (Å²) in [4.78, 5) is 45.8. The average molecular weight is 382 g/mol. The summed E-state index contributed by atoms with van der Waals surface area (Å²) in [6.45, 7) is 5.51. The fourth-order valence-corrected chi connectivity index (χ4v) is 2.63. The molecule has 2 aromatic carbocycles. The Morgan fingerprint density at radius 3 is 1.07 bits per heavy atom. The number of hydrogen-bond acceptors (Lipinski definition) is 4. The smallest absolute Gasteiger partial charge is 0.221 e. The third-order valence-corrected chi connectivity index (χ3v) is 3.62. The van der Waals surface area contributed by atoms with Crippen molar-refractivity contribution in [1.29, 1.82) is 0 Å². The van der Waals surface area contributed by atoms with Crippen LogP contribution < -0.4 is 21.3 Å². The molecule has 0 spiro atoms. The Balaban J connectivity index is 2.50. The van der Waals surface area contributed by atoms with Crippen molar-refractivity contribution >= 4 is 46.4 Å². The topological polar surface area (TPSA) is 116 Å². The van der Waals surface area contributed by atoms with Crippen molar-refractivity contribution in [3.8, 4) is 11.1 Å². The van der Waals surface area contributed by atoms with Crippen LogP contribution in [-0.4, -0.2) is 23.6 Å². The molecule has 0 aliphatic heterocycles. The molecule has 0 saturated carbocycles. The molecule has 2 aromatic rings. The lowest BCUT2D eigenvalue weighted by Crippen LogP contribution is -2.13. The van der Waals surface area contributed by atoms with E-state index in [2.05, 4.69) is 21.3 Å². The summed E-state index contributed by atoms with van der Waals surface area (Å²) in [7, 11) is 0. The predicted molar refractivity (Wildman–Crippen MR) is 109 cm³/mol. The number of benzene rings is 2. The second-order valence-electron chi connectivity index (χ2n) is 6.25. The normalized spacial score (nSPS) is 10.0. The van der Waals surface area contributed by atoms with Crippen molar-refractivity contribution in [3.05, 3.63) is 36.4 Å². The highest BCUT2D eigenvalue weighted by Crippen LogP contribution is 2.33. The van der Waals surface area contributed by atoms with E-state index in [4.69, 9.17) is 0 Å². The third-order valence-electron chi connectivity index (χ3n) is 3.62. The summed E-state index contributed by atoms with van der Waals surface area (Å²) >= 11 is 0. The van der Waals surface area contributed by atoms with Gasteiger partial charge in [-0.3, -0.25) is 19.2 Å². The Kier molecular flexibility index (Phi) is 6.49. The number of amides is 4. The number of nitrogens with one attached hydrogen (secondary N) is 4. The van der Waals surface area contributed by atoms with E-state index in [1.165, 1.54) is 27.7 Å². The minimum atomic E-state index is -0.274. The first-order chi connectivity index (χ1) is 13.2. The molecule has 2 rings (SSSR count). The molecule has 0 atom stereocenters. The van der Waals surface area contributed by atoms with Gasteiger partial charge >= 0.3 is 0 Å². The summed E-state index contributed by atoms with van der Waals surface area (Å²) in [5, 5.41) is 10.7. The summed E-state index contributed by atoms with van der Waals surface area (Å²) in [5.74, 6) is -1.06. The van der Waals surface area contributed by atoms with Crippen molar-refractivity contribution in [2.75, 3.05) is 21.3 Å². The molecule has 8 nitrogen and oxygen atoms in total. The van der Waals surface area contributed by atoms with E-state index in [1.54, 1.807) is 36.4 Å². The maximum atomic E-state index is 11.5. The molecule has 146 valence electrons. The zero-order valence-corrected chi connectivity index (χ0v) is 16.1. The average Bonchev–Trinajstić information content (AvgIpc) is 2.56. The summed E-state index contributed by atoms with van der Waals surface area (Å²) in [5.41, 5.74) is 3.35. The van der Waals surface area contributed by atoms with Crippen LogP contribution in [0.3, 0.4) is 0 Å². The van der Waals surface area contributed by atoms with Gasteiger partial charge in [0.15, 0.2) is 0 Å². The Morgan fingerprint density at radius 2 is 0.786 bits per heavy atom. The largest absolute Gasteiger partial charge is 0.325 e. The molecule has 4 amide bonds. The van der Waals surface area contributed by atoms with Crippen molar-refractivity contribution in [2.45, 2.75) is 27.7 Å². The highest BCUT2D eigenvalue weighted by molar-refractivity contribution is 6.01. The first-order valence-electron chi connectivity index (χ1n) is 8.54. The van der Waals surface area contributed by atoms with Crippen LogP contribution in [0, 0.1) is 0 Å². The lowest BCUT2D eigenvalue weighted by Gasteiger charge is -2.15. The van der Waals surface area contributed by atoms with E-state index >= 15 is 0 Å². The Morgan fingerprint density at radius 1 is 0.500 bits per heavy atom. The molecule has 0 heterocycles. The molecule has 0 aromatic heterocycles. The van der Waals surface area contributed by atoms with E-state index in [0.717, 1.165) is 11.1 Å². The van der Waals surface area contributed by atoms with E-state index in [-0.39, 0.29) is 23.6 Å². The second-order valence-corrected chi connectivity index (χ2v) is 6.25. The molecule has 8 heteroatoms. The van der Waals surface area contributed by atoms with Gasteiger partial charge in [-0.25, -0.2) is 0 Å².